The minimum absolute atomic E-state index is 0.0632. The molecule has 0 bridgehead atoms. The third-order valence-corrected chi connectivity index (χ3v) is 3.30. The Bertz CT molecular complexity index is 627. The molecule has 0 aliphatic carbocycles. The molecule has 102 valence electrons. The van der Waals surface area contributed by atoms with E-state index >= 15 is 0 Å². The quantitative estimate of drug-likeness (QED) is 0.486. The Morgan fingerprint density at radius 1 is 1.15 bits per heavy atom. The Labute approximate surface area is 124 Å². The number of rotatable bonds is 4. The zero-order chi connectivity index (χ0) is 14.5. The minimum Gasteiger partial charge on any atom is -0.267 e. The number of benzene rings is 2. The molecule has 0 atom stereocenters. The summed E-state index contributed by atoms with van der Waals surface area (Å²) in [4.78, 5) is 10.2. The molecule has 5 nitrogen and oxygen atoms in total. The highest BCUT2D eigenvalue weighted by molar-refractivity contribution is 9.18. The van der Waals surface area contributed by atoms with Crippen LogP contribution in [0.15, 0.2) is 59.7 Å². The summed E-state index contributed by atoms with van der Waals surface area (Å²) in [7, 11) is 1.78. The largest absolute Gasteiger partial charge is 0.269 e. The van der Waals surface area contributed by atoms with E-state index in [1.807, 2.05) is 30.3 Å². The lowest BCUT2D eigenvalue weighted by atomic mass is 10.2. The maximum atomic E-state index is 10.6. The molecule has 6 heteroatoms. The number of non-ortho nitro benzene ring substituents is 1. The maximum Gasteiger partial charge on any atom is 0.269 e. The number of nitrogens with zero attached hydrogens (tertiary/aromatic N) is 3. The number of hydrogen-bond acceptors (Lipinski definition) is 4. The molecule has 0 spiro atoms. The van der Waals surface area contributed by atoms with E-state index in [0.717, 1.165) is 11.3 Å². The van der Waals surface area contributed by atoms with Gasteiger partial charge in [0.1, 0.15) is 4.62 Å². The lowest BCUT2D eigenvalue weighted by molar-refractivity contribution is -0.384. The number of hydrazone groups is 1. The molecular weight excluding hydrogens is 322 g/mol. The van der Waals surface area contributed by atoms with Gasteiger partial charge in [-0.05, 0) is 28.1 Å². The Morgan fingerprint density at radius 2 is 1.75 bits per heavy atom. The molecule has 0 radical (unpaired) electrons. The fourth-order valence-corrected chi connectivity index (χ4v) is 2.12. The van der Waals surface area contributed by atoms with E-state index < -0.39 is 4.92 Å². The number of nitro benzene ring substituents is 1. The fraction of sp³-hybridized carbons (Fsp3) is 0.0714. The van der Waals surface area contributed by atoms with Gasteiger partial charge in [0.05, 0.1) is 10.6 Å². The van der Waals surface area contributed by atoms with E-state index in [9.17, 15) is 10.1 Å². The van der Waals surface area contributed by atoms with Crippen LogP contribution in [-0.4, -0.2) is 16.6 Å². The molecule has 0 aliphatic rings. The lowest BCUT2D eigenvalue weighted by Gasteiger charge is -2.13. The summed E-state index contributed by atoms with van der Waals surface area (Å²) in [5.41, 5.74) is 1.79. The first-order valence-corrected chi connectivity index (χ1v) is 6.65. The number of halogens is 1. The second-order valence-electron chi connectivity index (χ2n) is 4.05. The molecule has 2 rings (SSSR count). The van der Waals surface area contributed by atoms with Crippen LogP contribution in [0.4, 0.5) is 11.4 Å². The van der Waals surface area contributed by atoms with Gasteiger partial charge in [-0.1, -0.05) is 30.3 Å². The van der Waals surface area contributed by atoms with E-state index in [-0.39, 0.29) is 5.69 Å². The smallest absolute Gasteiger partial charge is 0.267 e. The van der Waals surface area contributed by atoms with Gasteiger partial charge >= 0.3 is 0 Å². The van der Waals surface area contributed by atoms with Crippen molar-refractivity contribution in [1.29, 1.82) is 0 Å². The van der Waals surface area contributed by atoms with Gasteiger partial charge in [-0.15, -0.1) is 0 Å². The maximum absolute atomic E-state index is 10.6. The average Bonchev–Trinajstić information content (AvgIpc) is 2.48. The summed E-state index contributed by atoms with van der Waals surface area (Å²) in [5.74, 6) is 0. The van der Waals surface area contributed by atoms with Gasteiger partial charge < -0.3 is 0 Å². The highest BCUT2D eigenvalue weighted by atomic mass is 79.9. The van der Waals surface area contributed by atoms with Gasteiger partial charge in [0.2, 0.25) is 0 Å². The lowest BCUT2D eigenvalue weighted by Crippen LogP contribution is -2.11. The van der Waals surface area contributed by atoms with Crippen LogP contribution in [0.5, 0.6) is 0 Å². The van der Waals surface area contributed by atoms with Crippen molar-refractivity contribution in [2.75, 3.05) is 12.1 Å². The first kappa shape index (κ1) is 14.2. The van der Waals surface area contributed by atoms with Crippen LogP contribution in [0.2, 0.25) is 0 Å². The van der Waals surface area contributed by atoms with Crippen molar-refractivity contribution >= 4 is 31.9 Å². The van der Waals surface area contributed by atoms with E-state index in [0.29, 0.717) is 4.62 Å². The van der Waals surface area contributed by atoms with E-state index in [1.165, 1.54) is 12.1 Å². The molecule has 0 aromatic heterocycles. The SMILES string of the molecule is CN(N=C(Br)c1ccccc1)c1ccc([N+](=O)[O-])cc1. The number of anilines is 1. The summed E-state index contributed by atoms with van der Waals surface area (Å²) in [6, 6.07) is 15.9. The van der Waals surface area contributed by atoms with Crippen molar-refractivity contribution in [3.8, 4) is 0 Å². The molecule has 0 N–H and O–H groups in total. The van der Waals surface area contributed by atoms with Crippen molar-refractivity contribution < 1.29 is 4.92 Å². The average molecular weight is 334 g/mol. The van der Waals surface area contributed by atoms with Crippen molar-refractivity contribution in [3.63, 3.8) is 0 Å². The third-order valence-electron chi connectivity index (χ3n) is 2.68. The first-order valence-electron chi connectivity index (χ1n) is 5.85. The Balaban J connectivity index is 2.19. The Kier molecular flexibility index (Phi) is 4.47. The van der Waals surface area contributed by atoms with Crippen molar-refractivity contribution in [2.45, 2.75) is 0 Å². The van der Waals surface area contributed by atoms with Gasteiger partial charge in [-0.2, -0.15) is 5.10 Å². The molecule has 20 heavy (non-hydrogen) atoms. The second kappa shape index (κ2) is 6.29. The fourth-order valence-electron chi connectivity index (χ4n) is 1.61. The number of hydrogen-bond donors (Lipinski definition) is 0. The van der Waals surface area contributed by atoms with Gasteiger partial charge in [-0.25, -0.2) is 0 Å². The summed E-state index contributed by atoms with van der Waals surface area (Å²) < 4.78 is 0.693. The van der Waals surface area contributed by atoms with Gasteiger partial charge in [0, 0.05) is 24.7 Å². The van der Waals surface area contributed by atoms with Crippen LogP contribution in [0.1, 0.15) is 5.56 Å². The molecule has 0 unspecified atom stereocenters. The molecule has 0 aliphatic heterocycles. The third kappa shape index (κ3) is 3.42. The van der Waals surface area contributed by atoms with Crippen molar-refractivity contribution in [1.82, 2.24) is 0 Å². The molecule has 0 saturated carbocycles. The van der Waals surface area contributed by atoms with Gasteiger partial charge in [0.15, 0.2) is 0 Å². The zero-order valence-corrected chi connectivity index (χ0v) is 12.3. The van der Waals surface area contributed by atoms with Crippen LogP contribution >= 0.6 is 15.9 Å². The van der Waals surface area contributed by atoms with E-state index in [1.54, 1.807) is 24.2 Å². The normalized spacial score (nSPS) is 11.2. The first-order chi connectivity index (χ1) is 9.58. The predicted molar refractivity (Wildman–Crippen MR) is 83.4 cm³/mol. The summed E-state index contributed by atoms with van der Waals surface area (Å²) in [6.07, 6.45) is 0. The number of nitro groups is 1. The standard InChI is InChI=1S/C14H12BrN3O2/c1-17(12-7-9-13(10-8-12)18(19)20)16-14(15)11-5-3-2-4-6-11/h2-10H,1H3. The van der Waals surface area contributed by atoms with Gasteiger partial charge in [-0.3, -0.25) is 15.1 Å². The summed E-state index contributed by atoms with van der Waals surface area (Å²) in [5, 5.41) is 16.6. The molecular formula is C14H12BrN3O2. The highest BCUT2D eigenvalue weighted by Gasteiger charge is 2.07. The Hall–Kier alpha value is -2.21. The molecule has 0 heterocycles. The highest BCUT2D eigenvalue weighted by Crippen LogP contribution is 2.19. The molecule has 2 aromatic rings. The monoisotopic (exact) mass is 333 g/mol. The topological polar surface area (TPSA) is 58.7 Å². The summed E-state index contributed by atoms with van der Waals surface area (Å²) >= 11 is 3.42. The minimum atomic E-state index is -0.424. The zero-order valence-electron chi connectivity index (χ0n) is 10.7. The van der Waals surface area contributed by atoms with Crippen LogP contribution in [0, 0.1) is 10.1 Å². The predicted octanol–water partition coefficient (Wildman–Crippen LogP) is 3.79. The Morgan fingerprint density at radius 3 is 2.30 bits per heavy atom. The molecule has 0 amide bonds. The van der Waals surface area contributed by atoms with Crippen LogP contribution in [-0.2, 0) is 0 Å². The van der Waals surface area contributed by atoms with E-state index in [2.05, 4.69) is 21.0 Å². The molecule has 0 saturated heterocycles. The second-order valence-corrected chi connectivity index (χ2v) is 4.81. The molecule has 2 aromatic carbocycles. The summed E-state index contributed by atoms with van der Waals surface area (Å²) in [6.45, 7) is 0. The molecule has 0 fully saturated rings. The van der Waals surface area contributed by atoms with Crippen LogP contribution in [0.25, 0.3) is 0 Å². The van der Waals surface area contributed by atoms with Crippen molar-refractivity contribution in [2.24, 2.45) is 5.10 Å². The van der Waals surface area contributed by atoms with Gasteiger partial charge in [0.25, 0.3) is 5.69 Å². The van der Waals surface area contributed by atoms with Crippen LogP contribution in [0.3, 0.4) is 0 Å². The van der Waals surface area contributed by atoms with Crippen molar-refractivity contribution in [3.05, 3.63) is 70.3 Å². The van der Waals surface area contributed by atoms with E-state index in [4.69, 9.17) is 0 Å². The van der Waals surface area contributed by atoms with Crippen LogP contribution < -0.4 is 5.01 Å².